The van der Waals surface area contributed by atoms with Crippen molar-refractivity contribution < 1.29 is 4.74 Å². The van der Waals surface area contributed by atoms with Gasteiger partial charge in [0.2, 0.25) is 0 Å². The Balaban J connectivity index is 1.95. The van der Waals surface area contributed by atoms with Gasteiger partial charge in [0.25, 0.3) is 0 Å². The van der Waals surface area contributed by atoms with Gasteiger partial charge >= 0.3 is 0 Å². The van der Waals surface area contributed by atoms with Gasteiger partial charge in [-0.2, -0.15) is 0 Å². The number of hydrogen-bond acceptors (Lipinski definition) is 3. The van der Waals surface area contributed by atoms with Gasteiger partial charge in [0.15, 0.2) is 0 Å². The van der Waals surface area contributed by atoms with E-state index in [-0.39, 0.29) is 0 Å². The molecule has 2 rings (SSSR count). The van der Waals surface area contributed by atoms with Crippen LogP contribution >= 0.6 is 11.8 Å². The second kappa shape index (κ2) is 5.89. The second-order valence-corrected chi connectivity index (χ2v) is 5.68. The Morgan fingerprint density at radius 2 is 1.76 bits per heavy atom. The molecule has 2 atom stereocenters. The summed E-state index contributed by atoms with van der Waals surface area (Å²) in [6.07, 6.45) is 2.81. The van der Waals surface area contributed by atoms with Gasteiger partial charge in [-0.15, -0.1) is 11.8 Å². The topological polar surface area (TPSA) is 12.5 Å². The van der Waals surface area contributed by atoms with Crippen LogP contribution in [-0.4, -0.2) is 36.5 Å². The molecule has 1 aliphatic rings. The van der Waals surface area contributed by atoms with E-state index in [1.54, 1.807) is 11.8 Å². The molecule has 0 radical (unpaired) electrons. The Labute approximate surface area is 108 Å². The SMILES string of the molecule is CSc1ccc(CN2C[C@@H](C)O[C@H](C)C2)cc1. The van der Waals surface area contributed by atoms with Crippen molar-refractivity contribution in [1.29, 1.82) is 0 Å². The Morgan fingerprint density at radius 1 is 1.18 bits per heavy atom. The molecule has 1 aromatic carbocycles. The summed E-state index contributed by atoms with van der Waals surface area (Å²) in [5.41, 5.74) is 1.39. The molecule has 0 N–H and O–H groups in total. The minimum Gasteiger partial charge on any atom is -0.373 e. The van der Waals surface area contributed by atoms with Crippen molar-refractivity contribution in [3.05, 3.63) is 29.8 Å². The molecule has 17 heavy (non-hydrogen) atoms. The highest BCUT2D eigenvalue weighted by Gasteiger charge is 2.21. The number of rotatable bonds is 3. The van der Waals surface area contributed by atoms with E-state index in [1.165, 1.54) is 10.5 Å². The molecule has 1 aromatic rings. The van der Waals surface area contributed by atoms with Crippen molar-refractivity contribution in [3.8, 4) is 0 Å². The van der Waals surface area contributed by atoms with E-state index in [4.69, 9.17) is 4.74 Å². The molecule has 1 heterocycles. The first kappa shape index (κ1) is 12.9. The average Bonchev–Trinajstić information content (AvgIpc) is 2.28. The van der Waals surface area contributed by atoms with E-state index in [2.05, 4.69) is 49.3 Å². The number of hydrogen-bond donors (Lipinski definition) is 0. The number of benzene rings is 1. The van der Waals surface area contributed by atoms with Crippen molar-refractivity contribution in [2.45, 2.75) is 37.5 Å². The van der Waals surface area contributed by atoms with E-state index in [1.807, 2.05) is 0 Å². The van der Waals surface area contributed by atoms with Crippen LogP contribution in [0.1, 0.15) is 19.4 Å². The van der Waals surface area contributed by atoms with E-state index >= 15 is 0 Å². The minimum atomic E-state index is 0.351. The predicted octanol–water partition coefficient (Wildman–Crippen LogP) is 3.02. The molecule has 0 amide bonds. The summed E-state index contributed by atoms with van der Waals surface area (Å²) in [6, 6.07) is 8.87. The zero-order valence-corrected chi connectivity index (χ0v) is 11.7. The molecule has 0 bridgehead atoms. The van der Waals surface area contributed by atoms with Gasteiger partial charge < -0.3 is 4.74 Å². The quantitative estimate of drug-likeness (QED) is 0.766. The maximum atomic E-state index is 5.75. The van der Waals surface area contributed by atoms with E-state index in [0.29, 0.717) is 12.2 Å². The monoisotopic (exact) mass is 251 g/mol. The van der Waals surface area contributed by atoms with Crippen LogP contribution in [0, 0.1) is 0 Å². The van der Waals surface area contributed by atoms with Crippen molar-refractivity contribution >= 4 is 11.8 Å². The Hall–Kier alpha value is -0.510. The summed E-state index contributed by atoms with van der Waals surface area (Å²) in [6.45, 7) is 7.41. The zero-order chi connectivity index (χ0) is 12.3. The lowest BCUT2D eigenvalue weighted by atomic mass is 10.1. The van der Waals surface area contributed by atoms with Crippen molar-refractivity contribution in [1.82, 2.24) is 4.90 Å². The molecular formula is C14H21NOS. The smallest absolute Gasteiger partial charge is 0.0678 e. The second-order valence-electron chi connectivity index (χ2n) is 4.80. The lowest BCUT2D eigenvalue weighted by Crippen LogP contribution is -2.44. The number of nitrogens with zero attached hydrogens (tertiary/aromatic N) is 1. The van der Waals surface area contributed by atoms with E-state index < -0.39 is 0 Å². The van der Waals surface area contributed by atoms with E-state index in [9.17, 15) is 0 Å². The summed E-state index contributed by atoms with van der Waals surface area (Å²) < 4.78 is 5.75. The Bertz CT molecular complexity index is 342. The van der Waals surface area contributed by atoms with Crippen LogP contribution in [-0.2, 0) is 11.3 Å². The maximum Gasteiger partial charge on any atom is 0.0678 e. The average molecular weight is 251 g/mol. The van der Waals surface area contributed by atoms with Gasteiger partial charge in [0, 0.05) is 24.5 Å². The molecular weight excluding hydrogens is 230 g/mol. The van der Waals surface area contributed by atoms with Crippen LogP contribution in [0.5, 0.6) is 0 Å². The lowest BCUT2D eigenvalue weighted by Gasteiger charge is -2.35. The number of ether oxygens (including phenoxy) is 1. The van der Waals surface area contributed by atoms with Gasteiger partial charge in [0.05, 0.1) is 12.2 Å². The van der Waals surface area contributed by atoms with Crippen LogP contribution < -0.4 is 0 Å². The highest BCUT2D eigenvalue weighted by atomic mass is 32.2. The first-order valence-corrected chi connectivity index (χ1v) is 7.40. The van der Waals surface area contributed by atoms with Crippen LogP contribution in [0.4, 0.5) is 0 Å². The van der Waals surface area contributed by atoms with Crippen LogP contribution in [0.15, 0.2) is 29.2 Å². The standard InChI is InChI=1S/C14H21NOS/c1-11-8-15(9-12(2)16-11)10-13-4-6-14(17-3)7-5-13/h4-7,11-12H,8-10H2,1-3H3/t11-,12-/m1/s1. The first-order chi connectivity index (χ1) is 8.17. The Morgan fingerprint density at radius 3 is 2.29 bits per heavy atom. The minimum absolute atomic E-state index is 0.351. The molecule has 94 valence electrons. The molecule has 1 fully saturated rings. The first-order valence-electron chi connectivity index (χ1n) is 6.18. The van der Waals surface area contributed by atoms with Crippen molar-refractivity contribution in [2.75, 3.05) is 19.3 Å². The van der Waals surface area contributed by atoms with Crippen LogP contribution in [0.2, 0.25) is 0 Å². The summed E-state index contributed by atoms with van der Waals surface area (Å²) >= 11 is 1.79. The molecule has 0 aliphatic carbocycles. The molecule has 0 aromatic heterocycles. The highest BCUT2D eigenvalue weighted by Crippen LogP contribution is 2.18. The summed E-state index contributed by atoms with van der Waals surface area (Å²) in [5, 5.41) is 0. The highest BCUT2D eigenvalue weighted by molar-refractivity contribution is 7.98. The molecule has 1 saturated heterocycles. The number of morpholine rings is 1. The van der Waals surface area contributed by atoms with Gasteiger partial charge in [-0.25, -0.2) is 0 Å². The van der Waals surface area contributed by atoms with Gasteiger partial charge in [-0.3, -0.25) is 4.90 Å². The lowest BCUT2D eigenvalue weighted by molar-refractivity contribution is -0.0704. The van der Waals surface area contributed by atoms with Crippen molar-refractivity contribution in [2.24, 2.45) is 0 Å². The fourth-order valence-electron chi connectivity index (χ4n) is 2.40. The fourth-order valence-corrected chi connectivity index (χ4v) is 2.81. The van der Waals surface area contributed by atoms with Gasteiger partial charge in [-0.1, -0.05) is 12.1 Å². The predicted molar refractivity (Wildman–Crippen MR) is 73.5 cm³/mol. The fraction of sp³-hybridized carbons (Fsp3) is 0.571. The van der Waals surface area contributed by atoms with Gasteiger partial charge in [-0.05, 0) is 37.8 Å². The Kier molecular flexibility index (Phi) is 4.48. The van der Waals surface area contributed by atoms with Gasteiger partial charge in [0.1, 0.15) is 0 Å². The molecule has 0 saturated carbocycles. The third-order valence-corrected chi connectivity index (χ3v) is 3.80. The van der Waals surface area contributed by atoms with Crippen LogP contribution in [0.25, 0.3) is 0 Å². The van der Waals surface area contributed by atoms with Crippen LogP contribution in [0.3, 0.4) is 0 Å². The third kappa shape index (κ3) is 3.73. The molecule has 0 unspecified atom stereocenters. The molecule has 0 spiro atoms. The van der Waals surface area contributed by atoms with Crippen molar-refractivity contribution in [3.63, 3.8) is 0 Å². The number of thioether (sulfide) groups is 1. The maximum absolute atomic E-state index is 5.75. The third-order valence-electron chi connectivity index (χ3n) is 3.06. The summed E-state index contributed by atoms with van der Waals surface area (Å²) in [4.78, 5) is 3.81. The summed E-state index contributed by atoms with van der Waals surface area (Å²) in [7, 11) is 0. The zero-order valence-electron chi connectivity index (χ0n) is 10.8. The normalized spacial score (nSPS) is 26.1. The molecule has 1 aliphatic heterocycles. The molecule has 3 heteroatoms. The van der Waals surface area contributed by atoms with E-state index in [0.717, 1.165) is 19.6 Å². The molecule has 2 nitrogen and oxygen atoms in total. The largest absolute Gasteiger partial charge is 0.373 e. The summed E-state index contributed by atoms with van der Waals surface area (Å²) in [5.74, 6) is 0.